The largest absolute Gasteiger partial charge is 0.455 e. The fraction of sp³-hybridized carbons (Fsp3) is 0.0526. The van der Waals surface area contributed by atoms with E-state index < -0.39 is 5.63 Å². The van der Waals surface area contributed by atoms with Crippen molar-refractivity contribution in [2.75, 3.05) is 5.32 Å². The van der Waals surface area contributed by atoms with Crippen LogP contribution in [0.15, 0.2) is 68.5 Å². The fourth-order valence-electron chi connectivity index (χ4n) is 2.42. The molecule has 2 aromatic carbocycles. The molecule has 0 atom stereocenters. The van der Waals surface area contributed by atoms with Gasteiger partial charge in [-0.05, 0) is 36.8 Å². The van der Waals surface area contributed by atoms with Crippen molar-refractivity contribution in [2.45, 2.75) is 6.92 Å². The normalized spacial score (nSPS) is 10.8. The number of benzene rings is 2. The van der Waals surface area contributed by atoms with Crippen molar-refractivity contribution in [1.82, 2.24) is 4.98 Å². The van der Waals surface area contributed by atoms with Crippen molar-refractivity contribution in [3.05, 3.63) is 75.3 Å². The van der Waals surface area contributed by atoms with E-state index in [-0.39, 0.29) is 6.01 Å². The number of nitrogens with one attached hydrogen (secondary N) is 1. The molecule has 0 bridgehead atoms. The van der Waals surface area contributed by atoms with Crippen LogP contribution in [0.3, 0.4) is 0 Å². The first-order chi connectivity index (χ1) is 12.2. The van der Waals surface area contributed by atoms with Crippen LogP contribution in [0.4, 0.5) is 11.7 Å². The Bertz CT molecular complexity index is 1090. The van der Waals surface area contributed by atoms with Gasteiger partial charge in [0, 0.05) is 10.8 Å². The molecule has 0 saturated carbocycles. The topological polar surface area (TPSA) is 64.4 Å². The smallest absolute Gasteiger partial charge is 0.348 e. The lowest BCUT2D eigenvalue weighted by atomic mass is 10.2. The number of aromatic nitrogens is 1. The monoisotopic (exact) mass is 350 g/mol. The van der Waals surface area contributed by atoms with Gasteiger partial charge in [-0.25, -0.2) is 4.79 Å². The highest BCUT2D eigenvalue weighted by molar-refractivity contribution is 7.09. The molecule has 4 rings (SSSR count). The number of para-hydroxylation sites is 1. The molecule has 0 aliphatic heterocycles. The van der Waals surface area contributed by atoms with E-state index in [0.29, 0.717) is 22.3 Å². The molecule has 0 spiro atoms. The van der Waals surface area contributed by atoms with Crippen LogP contribution in [0.25, 0.3) is 10.9 Å². The van der Waals surface area contributed by atoms with E-state index in [1.165, 1.54) is 11.3 Å². The number of nitrogens with zero attached hydrogens (tertiary/aromatic N) is 1. The Hall–Kier alpha value is -3.12. The number of anilines is 2. The van der Waals surface area contributed by atoms with Crippen molar-refractivity contribution < 1.29 is 9.15 Å². The van der Waals surface area contributed by atoms with Crippen LogP contribution >= 0.6 is 11.3 Å². The molecular weight excluding hydrogens is 336 g/mol. The predicted molar refractivity (Wildman–Crippen MR) is 99.1 cm³/mol. The number of thiophene rings is 1. The number of ether oxygens (including phenoxy) is 1. The van der Waals surface area contributed by atoms with E-state index in [0.717, 1.165) is 11.3 Å². The fourth-order valence-corrected chi connectivity index (χ4v) is 3.15. The van der Waals surface area contributed by atoms with Crippen molar-refractivity contribution >= 4 is 33.9 Å². The average molecular weight is 350 g/mol. The summed E-state index contributed by atoms with van der Waals surface area (Å²) in [5.41, 5.74) is 1.92. The molecule has 0 radical (unpaired) electrons. The summed E-state index contributed by atoms with van der Waals surface area (Å²) in [7, 11) is 0. The summed E-state index contributed by atoms with van der Waals surface area (Å²) in [6, 6.07) is 15.4. The molecule has 2 aromatic heterocycles. The van der Waals surface area contributed by atoms with E-state index in [4.69, 9.17) is 9.15 Å². The number of aryl methyl sites for hydroxylation is 1. The molecule has 5 nitrogen and oxygen atoms in total. The van der Waals surface area contributed by atoms with Crippen molar-refractivity contribution in [3.63, 3.8) is 0 Å². The lowest BCUT2D eigenvalue weighted by molar-refractivity contribution is 0.482. The first-order valence-electron chi connectivity index (χ1n) is 7.67. The number of hydrogen-bond acceptors (Lipinski definition) is 6. The summed E-state index contributed by atoms with van der Waals surface area (Å²) in [4.78, 5) is 16.4. The van der Waals surface area contributed by atoms with Crippen LogP contribution in [0.1, 0.15) is 5.56 Å². The van der Waals surface area contributed by atoms with E-state index in [2.05, 4.69) is 10.3 Å². The first kappa shape index (κ1) is 15.4. The Morgan fingerprint density at radius 1 is 1.12 bits per heavy atom. The van der Waals surface area contributed by atoms with Gasteiger partial charge in [0.15, 0.2) is 5.75 Å². The Morgan fingerprint density at radius 3 is 2.80 bits per heavy atom. The van der Waals surface area contributed by atoms with Gasteiger partial charge in [0.05, 0.1) is 16.6 Å². The summed E-state index contributed by atoms with van der Waals surface area (Å²) >= 11 is 1.41. The van der Waals surface area contributed by atoms with E-state index in [9.17, 15) is 4.79 Å². The standard InChI is InChI=1S/C19H14N2O3S/c1-12-7-8-17(23-13-5-3-2-4-6-13)15(9-12)20-19-21-16-11-25-10-14(16)18(22)24-19/h2-11H,1H3,(H,20,21). The summed E-state index contributed by atoms with van der Waals surface area (Å²) in [6.07, 6.45) is 0. The third-order valence-electron chi connectivity index (χ3n) is 3.62. The van der Waals surface area contributed by atoms with E-state index >= 15 is 0 Å². The van der Waals surface area contributed by atoms with Crippen molar-refractivity contribution in [3.8, 4) is 11.5 Å². The van der Waals surface area contributed by atoms with Gasteiger partial charge in [-0.3, -0.25) is 0 Å². The predicted octanol–water partition coefficient (Wildman–Crippen LogP) is 5.09. The summed E-state index contributed by atoms with van der Waals surface area (Å²) < 4.78 is 11.2. The molecule has 6 heteroatoms. The quantitative estimate of drug-likeness (QED) is 0.555. The first-order valence-corrected chi connectivity index (χ1v) is 8.61. The summed E-state index contributed by atoms with van der Waals surface area (Å²) in [5, 5.41) is 7.09. The molecule has 0 unspecified atom stereocenters. The van der Waals surface area contributed by atoms with Crippen LogP contribution in [0, 0.1) is 6.92 Å². The minimum absolute atomic E-state index is 0.138. The highest BCUT2D eigenvalue weighted by atomic mass is 32.1. The van der Waals surface area contributed by atoms with Crippen molar-refractivity contribution in [1.29, 1.82) is 0 Å². The van der Waals surface area contributed by atoms with Crippen LogP contribution in [0.5, 0.6) is 11.5 Å². The average Bonchev–Trinajstić information content (AvgIpc) is 3.07. The molecule has 1 N–H and O–H groups in total. The molecule has 25 heavy (non-hydrogen) atoms. The number of rotatable bonds is 4. The van der Waals surface area contributed by atoms with Crippen LogP contribution in [-0.2, 0) is 0 Å². The Morgan fingerprint density at radius 2 is 1.96 bits per heavy atom. The van der Waals surface area contributed by atoms with Crippen molar-refractivity contribution in [2.24, 2.45) is 0 Å². The third kappa shape index (κ3) is 3.25. The second kappa shape index (κ2) is 6.41. The molecule has 0 aliphatic carbocycles. The van der Waals surface area contributed by atoms with Gasteiger partial charge in [-0.1, -0.05) is 24.3 Å². The zero-order valence-electron chi connectivity index (χ0n) is 13.4. The number of fused-ring (bicyclic) bond motifs is 1. The maximum Gasteiger partial charge on any atom is 0.348 e. The van der Waals surface area contributed by atoms with Gasteiger partial charge in [0.25, 0.3) is 0 Å². The van der Waals surface area contributed by atoms with Gasteiger partial charge >= 0.3 is 11.6 Å². The highest BCUT2D eigenvalue weighted by Crippen LogP contribution is 2.32. The van der Waals surface area contributed by atoms with E-state index in [1.807, 2.05) is 60.8 Å². The molecular formula is C19H14N2O3S. The molecule has 0 fully saturated rings. The van der Waals surface area contributed by atoms with Crippen LogP contribution in [0.2, 0.25) is 0 Å². The lowest BCUT2D eigenvalue weighted by Crippen LogP contribution is -2.04. The van der Waals surface area contributed by atoms with Crippen LogP contribution in [-0.4, -0.2) is 4.98 Å². The van der Waals surface area contributed by atoms with Gasteiger partial charge < -0.3 is 14.5 Å². The Labute approximate surface area is 147 Å². The van der Waals surface area contributed by atoms with Crippen LogP contribution < -0.4 is 15.7 Å². The summed E-state index contributed by atoms with van der Waals surface area (Å²) in [5.74, 6) is 1.34. The molecule has 0 amide bonds. The SMILES string of the molecule is Cc1ccc(Oc2ccccc2)c(Nc2nc3cscc3c(=O)o2)c1. The zero-order chi connectivity index (χ0) is 17.2. The van der Waals surface area contributed by atoms with E-state index in [1.54, 1.807) is 5.38 Å². The Kier molecular flexibility index (Phi) is 3.95. The van der Waals surface area contributed by atoms with Gasteiger partial charge in [-0.15, -0.1) is 11.3 Å². The van der Waals surface area contributed by atoms with Gasteiger partial charge in [-0.2, -0.15) is 4.98 Å². The molecule has 0 saturated heterocycles. The second-order valence-electron chi connectivity index (χ2n) is 5.52. The Balaban J connectivity index is 1.71. The zero-order valence-corrected chi connectivity index (χ0v) is 14.2. The second-order valence-corrected chi connectivity index (χ2v) is 6.26. The highest BCUT2D eigenvalue weighted by Gasteiger charge is 2.11. The third-order valence-corrected chi connectivity index (χ3v) is 4.35. The molecule has 4 aromatic rings. The minimum atomic E-state index is -0.410. The van der Waals surface area contributed by atoms with Gasteiger partial charge in [0.2, 0.25) is 0 Å². The van der Waals surface area contributed by atoms with Gasteiger partial charge in [0.1, 0.15) is 5.75 Å². The molecule has 2 heterocycles. The maximum atomic E-state index is 12.0. The molecule has 124 valence electrons. The summed E-state index contributed by atoms with van der Waals surface area (Å²) in [6.45, 7) is 1.98. The number of hydrogen-bond donors (Lipinski definition) is 1. The lowest BCUT2D eigenvalue weighted by Gasteiger charge is -2.12. The molecule has 0 aliphatic rings. The maximum absolute atomic E-state index is 12.0. The minimum Gasteiger partial charge on any atom is -0.455 e.